The predicted molar refractivity (Wildman–Crippen MR) is 50.5 cm³/mol. The Morgan fingerprint density at radius 2 is 2.29 bits per heavy atom. The van der Waals surface area contributed by atoms with Gasteiger partial charge in [-0.25, -0.2) is 4.39 Å². The summed E-state index contributed by atoms with van der Waals surface area (Å²) in [4.78, 5) is 9.88. The van der Waals surface area contributed by atoms with Gasteiger partial charge in [0.2, 0.25) is 0 Å². The Labute approximate surface area is 80.7 Å². The Morgan fingerprint density at radius 3 is 2.79 bits per heavy atom. The number of non-ortho nitro benzene ring substituents is 1. The largest absolute Gasteiger partial charge is 0.330 e. The highest BCUT2D eigenvalue weighted by Gasteiger charge is 2.14. The molecule has 2 N–H and O–H groups in total. The van der Waals surface area contributed by atoms with Crippen LogP contribution in [0.3, 0.4) is 0 Å². The van der Waals surface area contributed by atoms with Crippen molar-refractivity contribution < 1.29 is 9.31 Å². The van der Waals surface area contributed by atoms with Gasteiger partial charge in [0.15, 0.2) is 0 Å². The fourth-order valence-electron chi connectivity index (χ4n) is 1.15. The summed E-state index contributed by atoms with van der Waals surface area (Å²) < 4.78 is 13.2. The maximum atomic E-state index is 13.2. The second kappa shape index (κ2) is 4.15. The van der Waals surface area contributed by atoms with Gasteiger partial charge < -0.3 is 5.73 Å². The van der Waals surface area contributed by atoms with Gasteiger partial charge in [0.25, 0.3) is 5.69 Å². The van der Waals surface area contributed by atoms with E-state index in [2.05, 4.69) is 0 Å². The quantitative estimate of drug-likeness (QED) is 0.594. The van der Waals surface area contributed by atoms with Crippen molar-refractivity contribution in [2.45, 2.75) is 12.8 Å². The molecule has 0 bridgehead atoms. The van der Waals surface area contributed by atoms with Crippen molar-refractivity contribution >= 4 is 5.69 Å². The summed E-state index contributed by atoms with van der Waals surface area (Å²) >= 11 is 0. The van der Waals surface area contributed by atoms with E-state index in [1.807, 2.05) is 0 Å². The van der Waals surface area contributed by atoms with Crippen LogP contribution in [0.25, 0.3) is 0 Å². The maximum absolute atomic E-state index is 13.2. The number of nitro groups is 1. The first-order valence-corrected chi connectivity index (χ1v) is 4.20. The minimum Gasteiger partial charge on any atom is -0.330 e. The van der Waals surface area contributed by atoms with Gasteiger partial charge in [-0.3, -0.25) is 10.1 Å². The van der Waals surface area contributed by atoms with Crippen LogP contribution in [-0.4, -0.2) is 11.5 Å². The predicted octanol–water partition coefficient (Wildman–Crippen LogP) is 1.80. The van der Waals surface area contributed by atoms with E-state index >= 15 is 0 Å². The van der Waals surface area contributed by atoms with Gasteiger partial charge in [-0.2, -0.15) is 0 Å². The smallest absolute Gasteiger partial charge is 0.269 e. The van der Waals surface area contributed by atoms with Crippen molar-refractivity contribution in [3.8, 4) is 0 Å². The molecule has 0 aliphatic heterocycles. The van der Waals surface area contributed by atoms with E-state index < -0.39 is 10.7 Å². The third-order valence-electron chi connectivity index (χ3n) is 2.07. The first kappa shape index (κ1) is 10.6. The molecular weight excluding hydrogens is 187 g/mol. The van der Waals surface area contributed by atoms with Crippen molar-refractivity contribution in [1.82, 2.24) is 0 Å². The lowest BCUT2D eigenvalue weighted by Crippen LogP contribution is -2.10. The molecule has 1 unspecified atom stereocenters. The highest BCUT2D eigenvalue weighted by molar-refractivity contribution is 5.37. The Balaban J connectivity index is 3.14. The summed E-state index contributed by atoms with van der Waals surface area (Å²) in [5.41, 5.74) is 5.55. The van der Waals surface area contributed by atoms with Crippen LogP contribution in [-0.2, 0) is 0 Å². The molecule has 0 aliphatic rings. The first-order valence-electron chi connectivity index (χ1n) is 4.20. The molecular formula is C9H11FN2O2. The fraction of sp³-hybridized carbons (Fsp3) is 0.333. The van der Waals surface area contributed by atoms with Crippen LogP contribution >= 0.6 is 0 Å². The topological polar surface area (TPSA) is 69.2 Å². The number of halogens is 1. The number of benzene rings is 1. The third-order valence-corrected chi connectivity index (χ3v) is 2.07. The van der Waals surface area contributed by atoms with Gasteiger partial charge in [-0.15, -0.1) is 0 Å². The number of rotatable bonds is 3. The summed E-state index contributed by atoms with van der Waals surface area (Å²) in [6.45, 7) is 1.99. The Hall–Kier alpha value is -1.49. The van der Waals surface area contributed by atoms with Crippen LogP contribution in [0.15, 0.2) is 18.2 Å². The molecule has 1 aromatic carbocycles. The molecule has 0 amide bonds. The van der Waals surface area contributed by atoms with Gasteiger partial charge in [-0.05, 0) is 24.1 Å². The first-order chi connectivity index (χ1) is 6.56. The molecule has 0 saturated carbocycles. The number of hydrogen-bond acceptors (Lipinski definition) is 3. The average Bonchev–Trinajstić information content (AvgIpc) is 2.17. The Kier molecular flexibility index (Phi) is 3.14. The van der Waals surface area contributed by atoms with Gasteiger partial charge in [0.1, 0.15) is 5.82 Å². The molecule has 14 heavy (non-hydrogen) atoms. The second-order valence-corrected chi connectivity index (χ2v) is 3.10. The number of nitro benzene ring substituents is 1. The molecule has 0 aliphatic carbocycles. The molecule has 0 aromatic heterocycles. The minimum absolute atomic E-state index is 0.110. The highest BCUT2D eigenvalue weighted by atomic mass is 19.1. The van der Waals surface area contributed by atoms with Crippen molar-refractivity contribution in [3.63, 3.8) is 0 Å². The molecule has 1 atom stereocenters. The summed E-state index contributed by atoms with van der Waals surface area (Å²) in [5.74, 6) is -0.663. The van der Waals surface area contributed by atoms with Crippen molar-refractivity contribution in [2.24, 2.45) is 5.73 Å². The maximum Gasteiger partial charge on any atom is 0.269 e. The molecule has 4 nitrogen and oxygen atoms in total. The zero-order valence-corrected chi connectivity index (χ0v) is 7.74. The average molecular weight is 198 g/mol. The van der Waals surface area contributed by atoms with Gasteiger partial charge in [0.05, 0.1) is 4.92 Å². The van der Waals surface area contributed by atoms with Gasteiger partial charge in [0, 0.05) is 12.1 Å². The third kappa shape index (κ3) is 2.05. The molecule has 0 radical (unpaired) electrons. The van der Waals surface area contributed by atoms with Gasteiger partial charge in [-0.1, -0.05) is 6.92 Å². The molecule has 1 aromatic rings. The number of hydrogen-bond donors (Lipinski definition) is 1. The molecule has 0 spiro atoms. The summed E-state index contributed by atoms with van der Waals surface area (Å²) in [7, 11) is 0. The van der Waals surface area contributed by atoms with Crippen LogP contribution in [0, 0.1) is 15.9 Å². The van der Waals surface area contributed by atoms with E-state index in [9.17, 15) is 14.5 Å². The molecule has 0 heterocycles. The van der Waals surface area contributed by atoms with E-state index in [0.29, 0.717) is 5.56 Å². The van der Waals surface area contributed by atoms with Gasteiger partial charge >= 0.3 is 0 Å². The van der Waals surface area contributed by atoms with Crippen LogP contribution in [0.4, 0.5) is 10.1 Å². The monoisotopic (exact) mass is 198 g/mol. The van der Waals surface area contributed by atoms with Crippen molar-refractivity contribution in [2.75, 3.05) is 6.54 Å². The summed E-state index contributed by atoms with van der Waals surface area (Å²) in [5, 5.41) is 10.4. The van der Waals surface area contributed by atoms with E-state index in [4.69, 9.17) is 5.73 Å². The lowest BCUT2D eigenvalue weighted by atomic mass is 10.0. The zero-order chi connectivity index (χ0) is 10.7. The molecule has 1 rings (SSSR count). The molecule has 76 valence electrons. The van der Waals surface area contributed by atoms with Crippen molar-refractivity contribution in [1.29, 1.82) is 0 Å². The van der Waals surface area contributed by atoms with E-state index in [-0.39, 0.29) is 18.2 Å². The molecule has 0 saturated heterocycles. The molecule has 5 heteroatoms. The lowest BCUT2D eigenvalue weighted by molar-refractivity contribution is -0.385. The number of nitrogens with two attached hydrogens (primary N) is 1. The zero-order valence-electron chi connectivity index (χ0n) is 7.74. The van der Waals surface area contributed by atoms with E-state index in [1.54, 1.807) is 6.92 Å². The normalized spacial score (nSPS) is 12.5. The van der Waals surface area contributed by atoms with Crippen LogP contribution in [0.5, 0.6) is 0 Å². The minimum atomic E-state index is -0.549. The van der Waals surface area contributed by atoms with Crippen LogP contribution in [0.1, 0.15) is 18.4 Å². The Morgan fingerprint density at radius 1 is 1.64 bits per heavy atom. The Bertz CT molecular complexity index is 355. The number of nitrogens with zero attached hydrogens (tertiary/aromatic N) is 1. The van der Waals surface area contributed by atoms with E-state index in [1.165, 1.54) is 6.07 Å². The summed E-state index contributed by atoms with van der Waals surface area (Å²) in [6.07, 6.45) is 0. The second-order valence-electron chi connectivity index (χ2n) is 3.10. The van der Waals surface area contributed by atoms with Crippen LogP contribution in [0.2, 0.25) is 0 Å². The lowest BCUT2D eigenvalue weighted by Gasteiger charge is -2.09. The van der Waals surface area contributed by atoms with Crippen LogP contribution < -0.4 is 5.73 Å². The SMILES string of the molecule is CC(CN)c1cc([N+](=O)[O-])ccc1F. The summed E-state index contributed by atoms with van der Waals surface area (Å²) in [6, 6.07) is 3.47. The fourth-order valence-corrected chi connectivity index (χ4v) is 1.15. The standard InChI is InChI=1S/C9H11FN2O2/c1-6(5-11)8-4-7(12(13)14)2-3-9(8)10/h2-4,6H,5,11H2,1H3. The van der Waals surface area contributed by atoms with E-state index in [0.717, 1.165) is 12.1 Å². The molecule has 0 fully saturated rings. The highest BCUT2D eigenvalue weighted by Crippen LogP contribution is 2.22. The van der Waals surface area contributed by atoms with Crippen molar-refractivity contribution in [3.05, 3.63) is 39.7 Å².